The Hall–Kier alpha value is -3.08. The van der Waals surface area contributed by atoms with Crippen molar-refractivity contribution in [1.82, 2.24) is 14.5 Å². The van der Waals surface area contributed by atoms with Gasteiger partial charge in [-0.2, -0.15) is 10.4 Å². The van der Waals surface area contributed by atoms with Crippen LogP contribution in [0.1, 0.15) is 29.3 Å². The Morgan fingerprint density at radius 3 is 2.92 bits per heavy atom. The SMILES string of the molecule is Cc1cc2c(NC3CN(C(=O)CC#N)CC3C)c(C(N)=O)cnn2c1. The van der Waals surface area contributed by atoms with E-state index in [-0.39, 0.29) is 24.3 Å². The summed E-state index contributed by atoms with van der Waals surface area (Å²) < 4.78 is 1.70. The largest absolute Gasteiger partial charge is 0.378 e. The molecule has 2 aromatic rings. The lowest BCUT2D eigenvalue weighted by atomic mass is 10.1. The molecule has 3 heterocycles. The molecule has 0 aromatic carbocycles. The van der Waals surface area contributed by atoms with Gasteiger partial charge < -0.3 is 16.0 Å². The van der Waals surface area contributed by atoms with E-state index >= 15 is 0 Å². The van der Waals surface area contributed by atoms with Crippen LogP contribution in [-0.4, -0.2) is 45.5 Å². The highest BCUT2D eigenvalue weighted by atomic mass is 16.2. The van der Waals surface area contributed by atoms with E-state index in [9.17, 15) is 9.59 Å². The van der Waals surface area contributed by atoms with Gasteiger partial charge >= 0.3 is 0 Å². The smallest absolute Gasteiger partial charge is 0.252 e. The van der Waals surface area contributed by atoms with Crippen molar-refractivity contribution in [3.8, 4) is 6.07 Å². The zero-order chi connectivity index (χ0) is 18.1. The molecule has 3 N–H and O–H groups in total. The predicted molar refractivity (Wildman–Crippen MR) is 91.8 cm³/mol. The molecule has 8 heteroatoms. The summed E-state index contributed by atoms with van der Waals surface area (Å²) in [5, 5.41) is 16.3. The molecule has 1 fully saturated rings. The van der Waals surface area contributed by atoms with E-state index < -0.39 is 5.91 Å². The van der Waals surface area contributed by atoms with Crippen LogP contribution in [-0.2, 0) is 4.79 Å². The fourth-order valence-corrected chi connectivity index (χ4v) is 3.25. The first kappa shape index (κ1) is 16.8. The molecule has 0 saturated carbocycles. The summed E-state index contributed by atoms with van der Waals surface area (Å²) in [5.41, 5.74) is 8.24. The number of primary amides is 1. The number of nitrogens with zero attached hydrogens (tertiary/aromatic N) is 4. The summed E-state index contributed by atoms with van der Waals surface area (Å²) >= 11 is 0. The maximum atomic E-state index is 12.0. The Kier molecular flexibility index (Phi) is 4.31. The molecular weight excluding hydrogens is 320 g/mol. The summed E-state index contributed by atoms with van der Waals surface area (Å²) in [5.74, 6) is -0.556. The number of hydrogen-bond donors (Lipinski definition) is 2. The number of nitrogens with one attached hydrogen (secondary N) is 1. The molecule has 2 amide bonds. The zero-order valence-corrected chi connectivity index (χ0v) is 14.2. The zero-order valence-electron chi connectivity index (χ0n) is 14.2. The van der Waals surface area contributed by atoms with Gasteiger partial charge in [-0.15, -0.1) is 0 Å². The number of hydrogen-bond acceptors (Lipinski definition) is 5. The predicted octanol–water partition coefficient (Wildman–Crippen LogP) is 0.914. The van der Waals surface area contributed by atoms with Crippen molar-refractivity contribution in [3.05, 3.63) is 29.6 Å². The molecule has 25 heavy (non-hydrogen) atoms. The number of carbonyl (C=O) groups excluding carboxylic acids is 2. The lowest BCUT2D eigenvalue weighted by Crippen LogP contribution is -2.32. The molecule has 8 nitrogen and oxygen atoms in total. The van der Waals surface area contributed by atoms with Gasteiger partial charge in [0, 0.05) is 25.3 Å². The van der Waals surface area contributed by atoms with Gasteiger partial charge in [-0.25, -0.2) is 4.52 Å². The highest BCUT2D eigenvalue weighted by molar-refractivity contribution is 6.02. The van der Waals surface area contributed by atoms with Gasteiger partial charge in [-0.05, 0) is 24.5 Å². The first-order valence-corrected chi connectivity index (χ1v) is 8.09. The van der Waals surface area contributed by atoms with Crippen molar-refractivity contribution in [2.75, 3.05) is 18.4 Å². The Morgan fingerprint density at radius 2 is 2.24 bits per heavy atom. The first-order chi connectivity index (χ1) is 11.9. The van der Waals surface area contributed by atoms with E-state index in [4.69, 9.17) is 11.0 Å². The molecule has 1 aliphatic rings. The minimum Gasteiger partial charge on any atom is -0.378 e. The van der Waals surface area contributed by atoms with Crippen LogP contribution < -0.4 is 11.1 Å². The van der Waals surface area contributed by atoms with Crippen LogP contribution in [0.25, 0.3) is 5.52 Å². The van der Waals surface area contributed by atoms with Gasteiger partial charge in [0.2, 0.25) is 5.91 Å². The molecule has 1 aliphatic heterocycles. The molecule has 0 radical (unpaired) electrons. The average Bonchev–Trinajstić information content (AvgIpc) is 3.10. The van der Waals surface area contributed by atoms with Crippen LogP contribution in [0, 0.1) is 24.2 Å². The van der Waals surface area contributed by atoms with Gasteiger partial charge in [0.1, 0.15) is 6.42 Å². The van der Waals surface area contributed by atoms with Gasteiger partial charge in [0.05, 0.1) is 29.0 Å². The Balaban J connectivity index is 1.92. The van der Waals surface area contributed by atoms with Crippen LogP contribution in [0.2, 0.25) is 0 Å². The van der Waals surface area contributed by atoms with E-state index in [1.807, 2.05) is 32.2 Å². The minimum absolute atomic E-state index is 0.0397. The molecule has 1 saturated heterocycles. The lowest BCUT2D eigenvalue weighted by Gasteiger charge is -2.20. The van der Waals surface area contributed by atoms with Crippen LogP contribution in [0.4, 0.5) is 5.69 Å². The number of carbonyl (C=O) groups is 2. The highest BCUT2D eigenvalue weighted by Crippen LogP contribution is 2.28. The van der Waals surface area contributed by atoms with Crippen LogP contribution in [0.3, 0.4) is 0 Å². The third-order valence-corrected chi connectivity index (χ3v) is 4.56. The molecule has 3 rings (SSSR count). The molecule has 2 atom stereocenters. The normalized spacial score (nSPS) is 19.8. The summed E-state index contributed by atoms with van der Waals surface area (Å²) in [4.78, 5) is 25.5. The van der Waals surface area contributed by atoms with E-state index in [1.165, 1.54) is 6.20 Å². The number of nitrogens with two attached hydrogens (primary N) is 1. The third kappa shape index (κ3) is 3.13. The summed E-state index contributed by atoms with van der Waals surface area (Å²) in [6.45, 7) is 5.03. The number of amides is 2. The number of rotatable bonds is 4. The average molecular weight is 340 g/mol. The summed E-state index contributed by atoms with van der Waals surface area (Å²) in [7, 11) is 0. The molecule has 0 aliphatic carbocycles. The summed E-state index contributed by atoms with van der Waals surface area (Å²) in [6.07, 6.45) is 3.20. The monoisotopic (exact) mass is 340 g/mol. The molecule has 2 aromatic heterocycles. The van der Waals surface area contributed by atoms with Crippen molar-refractivity contribution < 1.29 is 9.59 Å². The quantitative estimate of drug-likeness (QED) is 0.858. The number of likely N-dealkylation sites (tertiary alicyclic amines) is 1. The van der Waals surface area contributed by atoms with Gasteiger partial charge in [-0.3, -0.25) is 9.59 Å². The standard InChI is InChI=1S/C17H20N6O2/c1-10-5-14-16(12(17(19)25)6-20-23(14)7-10)21-13-9-22(8-11(13)2)15(24)3-4-18/h5-7,11,13,21H,3,8-9H2,1-2H3,(H2,19,25). The number of nitriles is 1. The topological polar surface area (TPSA) is 117 Å². The second kappa shape index (κ2) is 6.43. The van der Waals surface area contributed by atoms with E-state index in [0.29, 0.717) is 24.3 Å². The van der Waals surface area contributed by atoms with Crippen LogP contribution in [0.5, 0.6) is 0 Å². The Morgan fingerprint density at radius 1 is 1.48 bits per heavy atom. The fraction of sp³-hybridized carbons (Fsp3) is 0.412. The fourth-order valence-electron chi connectivity index (χ4n) is 3.25. The maximum Gasteiger partial charge on any atom is 0.252 e. The lowest BCUT2D eigenvalue weighted by molar-refractivity contribution is -0.129. The number of aromatic nitrogens is 2. The number of aryl methyl sites for hydroxylation is 1. The van der Waals surface area contributed by atoms with Gasteiger partial charge in [0.25, 0.3) is 5.91 Å². The van der Waals surface area contributed by atoms with Crippen molar-refractivity contribution in [2.24, 2.45) is 11.7 Å². The van der Waals surface area contributed by atoms with E-state index in [1.54, 1.807) is 9.42 Å². The summed E-state index contributed by atoms with van der Waals surface area (Å²) in [6, 6.07) is 3.78. The molecule has 0 spiro atoms. The van der Waals surface area contributed by atoms with Crippen LogP contribution in [0.15, 0.2) is 18.5 Å². The van der Waals surface area contributed by atoms with Crippen molar-refractivity contribution in [1.29, 1.82) is 5.26 Å². The van der Waals surface area contributed by atoms with Crippen LogP contribution >= 0.6 is 0 Å². The minimum atomic E-state index is -0.556. The van der Waals surface area contributed by atoms with E-state index in [2.05, 4.69) is 10.4 Å². The van der Waals surface area contributed by atoms with E-state index in [0.717, 1.165) is 11.1 Å². The molecular formula is C17H20N6O2. The highest BCUT2D eigenvalue weighted by Gasteiger charge is 2.33. The first-order valence-electron chi connectivity index (χ1n) is 8.09. The maximum absolute atomic E-state index is 12.0. The Bertz CT molecular complexity index is 881. The molecule has 130 valence electrons. The second-order valence-corrected chi connectivity index (χ2v) is 6.51. The van der Waals surface area contributed by atoms with Gasteiger partial charge in [0.15, 0.2) is 0 Å². The van der Waals surface area contributed by atoms with Crippen molar-refractivity contribution in [2.45, 2.75) is 26.3 Å². The molecule has 2 unspecified atom stereocenters. The van der Waals surface area contributed by atoms with Crippen molar-refractivity contribution in [3.63, 3.8) is 0 Å². The number of anilines is 1. The Labute approximate surface area is 145 Å². The second-order valence-electron chi connectivity index (χ2n) is 6.51. The van der Waals surface area contributed by atoms with Gasteiger partial charge in [-0.1, -0.05) is 6.92 Å². The molecule has 0 bridgehead atoms. The third-order valence-electron chi connectivity index (χ3n) is 4.56. The number of fused-ring (bicyclic) bond motifs is 1. The van der Waals surface area contributed by atoms with Crippen molar-refractivity contribution >= 4 is 23.0 Å².